The van der Waals surface area contributed by atoms with Crippen LogP contribution in [0.2, 0.25) is 0 Å². The van der Waals surface area contributed by atoms with Gasteiger partial charge in [0.2, 0.25) is 0 Å². The van der Waals surface area contributed by atoms with Crippen LogP contribution in [0.15, 0.2) is 24.3 Å². The van der Waals surface area contributed by atoms with Crippen LogP contribution in [0.5, 0.6) is 0 Å². The Morgan fingerprint density at radius 2 is 1.89 bits per heavy atom. The van der Waals surface area contributed by atoms with Crippen LogP contribution in [-0.2, 0) is 9.53 Å². The molecule has 104 valence electrons. The third-order valence-corrected chi connectivity index (χ3v) is 3.93. The van der Waals surface area contributed by atoms with E-state index in [4.69, 9.17) is 4.74 Å². The summed E-state index contributed by atoms with van der Waals surface area (Å²) in [7, 11) is 1.48. The lowest BCUT2D eigenvalue weighted by atomic mass is 9.89. The summed E-state index contributed by atoms with van der Waals surface area (Å²) in [5.74, 6) is -0.129. The minimum Gasteiger partial charge on any atom is -0.467 e. The molecule has 1 N–H and O–H groups in total. The summed E-state index contributed by atoms with van der Waals surface area (Å²) in [5, 5.41) is 3.45. The number of rotatable bonds is 3. The Morgan fingerprint density at radius 3 is 2.47 bits per heavy atom. The van der Waals surface area contributed by atoms with Gasteiger partial charge in [0.25, 0.3) is 0 Å². The fraction of sp³-hybridized carbons (Fsp3) is 0.562. The van der Waals surface area contributed by atoms with Crippen molar-refractivity contribution in [3.63, 3.8) is 0 Å². The molecular weight excluding hydrogens is 238 g/mol. The average molecular weight is 261 g/mol. The molecule has 0 unspecified atom stereocenters. The lowest BCUT2D eigenvalue weighted by Gasteiger charge is -2.32. The molecule has 0 saturated heterocycles. The Hall–Kier alpha value is -1.51. The minimum atomic E-state index is -0.543. The van der Waals surface area contributed by atoms with E-state index in [1.807, 2.05) is 12.1 Å². The normalized spacial score (nSPS) is 18.4. The zero-order valence-corrected chi connectivity index (χ0v) is 11.9. The number of esters is 1. The largest absolute Gasteiger partial charge is 0.467 e. The van der Waals surface area contributed by atoms with Gasteiger partial charge >= 0.3 is 5.97 Å². The van der Waals surface area contributed by atoms with Crippen molar-refractivity contribution in [3.05, 3.63) is 29.8 Å². The van der Waals surface area contributed by atoms with E-state index in [9.17, 15) is 4.79 Å². The first-order chi connectivity index (χ1) is 9.16. The van der Waals surface area contributed by atoms with Gasteiger partial charge in [-0.05, 0) is 37.5 Å². The van der Waals surface area contributed by atoms with Crippen LogP contribution in [0, 0.1) is 6.92 Å². The fourth-order valence-corrected chi connectivity index (χ4v) is 2.91. The highest BCUT2D eigenvalue weighted by atomic mass is 16.5. The molecule has 3 nitrogen and oxygen atoms in total. The Bertz CT molecular complexity index is 434. The molecule has 1 aromatic carbocycles. The van der Waals surface area contributed by atoms with Crippen molar-refractivity contribution in [2.24, 2.45) is 0 Å². The molecule has 0 aromatic heterocycles. The minimum absolute atomic E-state index is 0.129. The molecule has 3 heteroatoms. The van der Waals surface area contributed by atoms with Crippen LogP contribution in [0.4, 0.5) is 5.69 Å². The van der Waals surface area contributed by atoms with Gasteiger partial charge in [0.1, 0.15) is 5.54 Å². The summed E-state index contributed by atoms with van der Waals surface area (Å²) in [4.78, 5) is 12.2. The van der Waals surface area contributed by atoms with Crippen LogP contribution in [0.3, 0.4) is 0 Å². The maximum absolute atomic E-state index is 12.2. The molecule has 0 radical (unpaired) electrons. The molecule has 1 saturated carbocycles. The smallest absolute Gasteiger partial charge is 0.331 e. The van der Waals surface area contributed by atoms with Gasteiger partial charge in [0, 0.05) is 5.69 Å². The SMILES string of the molecule is COC(=O)C1(Nc2cccc(C)c2)CCCCCC1. The molecule has 1 fully saturated rings. The van der Waals surface area contributed by atoms with Crippen molar-refractivity contribution in [2.75, 3.05) is 12.4 Å². The highest BCUT2D eigenvalue weighted by molar-refractivity contribution is 5.84. The van der Waals surface area contributed by atoms with E-state index in [-0.39, 0.29) is 5.97 Å². The Morgan fingerprint density at radius 1 is 1.21 bits per heavy atom. The van der Waals surface area contributed by atoms with Gasteiger partial charge in [0.05, 0.1) is 7.11 Å². The quantitative estimate of drug-likeness (QED) is 0.666. The number of methoxy groups -OCH3 is 1. The van der Waals surface area contributed by atoms with Gasteiger partial charge in [0.15, 0.2) is 0 Å². The molecule has 0 aliphatic heterocycles. The molecular formula is C16H23NO2. The number of aryl methyl sites for hydroxylation is 1. The monoisotopic (exact) mass is 261 g/mol. The van der Waals surface area contributed by atoms with E-state index in [1.54, 1.807) is 0 Å². The lowest BCUT2D eigenvalue weighted by molar-refractivity contribution is -0.146. The number of hydrogen-bond donors (Lipinski definition) is 1. The molecule has 0 heterocycles. The van der Waals surface area contributed by atoms with Crippen LogP contribution in [0.1, 0.15) is 44.1 Å². The highest BCUT2D eigenvalue weighted by Gasteiger charge is 2.39. The fourth-order valence-electron chi connectivity index (χ4n) is 2.91. The third kappa shape index (κ3) is 3.28. The van der Waals surface area contributed by atoms with Gasteiger partial charge in [-0.25, -0.2) is 4.79 Å². The molecule has 0 amide bonds. The molecule has 1 aromatic rings. The molecule has 0 spiro atoms. The van der Waals surface area contributed by atoms with Gasteiger partial charge in [-0.3, -0.25) is 0 Å². The van der Waals surface area contributed by atoms with E-state index in [0.29, 0.717) is 0 Å². The summed E-state index contributed by atoms with van der Waals surface area (Å²) in [5.41, 5.74) is 1.66. The number of carbonyl (C=O) groups is 1. The summed E-state index contributed by atoms with van der Waals surface area (Å²) < 4.78 is 5.05. The molecule has 2 rings (SSSR count). The van der Waals surface area contributed by atoms with Crippen LogP contribution >= 0.6 is 0 Å². The van der Waals surface area contributed by atoms with E-state index in [0.717, 1.165) is 31.4 Å². The van der Waals surface area contributed by atoms with Crippen molar-refractivity contribution in [1.82, 2.24) is 0 Å². The lowest BCUT2D eigenvalue weighted by Crippen LogP contribution is -2.46. The van der Waals surface area contributed by atoms with Crippen molar-refractivity contribution in [2.45, 2.75) is 51.0 Å². The molecule has 19 heavy (non-hydrogen) atoms. The molecule has 1 aliphatic rings. The van der Waals surface area contributed by atoms with Crippen molar-refractivity contribution in [3.8, 4) is 0 Å². The zero-order valence-electron chi connectivity index (χ0n) is 11.9. The Kier molecular flexibility index (Phi) is 4.46. The maximum Gasteiger partial charge on any atom is 0.331 e. The van der Waals surface area contributed by atoms with Crippen molar-refractivity contribution >= 4 is 11.7 Å². The third-order valence-electron chi connectivity index (χ3n) is 3.93. The Balaban J connectivity index is 2.24. The second-order valence-electron chi connectivity index (χ2n) is 5.48. The number of benzene rings is 1. The van der Waals surface area contributed by atoms with Gasteiger partial charge in [-0.1, -0.05) is 37.8 Å². The van der Waals surface area contributed by atoms with E-state index >= 15 is 0 Å². The molecule has 1 aliphatic carbocycles. The van der Waals surface area contributed by atoms with Gasteiger partial charge in [-0.15, -0.1) is 0 Å². The number of ether oxygens (including phenoxy) is 1. The van der Waals surface area contributed by atoms with E-state index < -0.39 is 5.54 Å². The topological polar surface area (TPSA) is 38.3 Å². The number of nitrogens with one attached hydrogen (secondary N) is 1. The summed E-state index contributed by atoms with van der Waals surface area (Å²) in [6.45, 7) is 2.06. The highest BCUT2D eigenvalue weighted by Crippen LogP contribution is 2.32. The van der Waals surface area contributed by atoms with Crippen LogP contribution < -0.4 is 5.32 Å². The summed E-state index contributed by atoms with van der Waals surface area (Å²) in [6, 6.07) is 8.17. The van der Waals surface area contributed by atoms with Crippen LogP contribution in [0.25, 0.3) is 0 Å². The predicted molar refractivity (Wildman–Crippen MR) is 77.3 cm³/mol. The number of anilines is 1. The van der Waals surface area contributed by atoms with Gasteiger partial charge < -0.3 is 10.1 Å². The van der Waals surface area contributed by atoms with Crippen molar-refractivity contribution < 1.29 is 9.53 Å². The number of hydrogen-bond acceptors (Lipinski definition) is 3. The molecule has 0 bridgehead atoms. The first kappa shape index (κ1) is 13.9. The average Bonchev–Trinajstić information content (AvgIpc) is 2.64. The van der Waals surface area contributed by atoms with E-state index in [2.05, 4.69) is 24.4 Å². The second-order valence-corrected chi connectivity index (χ2v) is 5.48. The summed E-state index contributed by atoms with van der Waals surface area (Å²) >= 11 is 0. The standard InChI is InChI=1S/C16H23NO2/c1-13-8-7-9-14(12-13)17-16(15(18)19-2)10-5-3-4-6-11-16/h7-9,12,17H,3-6,10-11H2,1-2H3. The van der Waals surface area contributed by atoms with Crippen LogP contribution in [-0.4, -0.2) is 18.6 Å². The zero-order chi connectivity index (χ0) is 13.7. The Labute approximate surface area is 115 Å². The predicted octanol–water partition coefficient (Wildman–Crippen LogP) is 3.67. The first-order valence-corrected chi connectivity index (χ1v) is 7.09. The number of carbonyl (C=O) groups excluding carboxylic acids is 1. The van der Waals surface area contributed by atoms with E-state index in [1.165, 1.54) is 25.5 Å². The second kappa shape index (κ2) is 6.09. The summed E-state index contributed by atoms with van der Waals surface area (Å²) in [6.07, 6.45) is 6.27. The van der Waals surface area contributed by atoms with Gasteiger partial charge in [-0.2, -0.15) is 0 Å². The maximum atomic E-state index is 12.2. The van der Waals surface area contributed by atoms with Crippen molar-refractivity contribution in [1.29, 1.82) is 0 Å². The molecule has 0 atom stereocenters. The first-order valence-electron chi connectivity index (χ1n) is 7.09.